The Hall–Kier alpha value is -1.78. The Bertz CT molecular complexity index is 534. The summed E-state index contributed by atoms with van der Waals surface area (Å²) in [6, 6.07) is 6.94. The summed E-state index contributed by atoms with van der Waals surface area (Å²) in [5.41, 5.74) is 7.13. The smallest absolute Gasteiger partial charge is 0.208 e. The van der Waals surface area contributed by atoms with Crippen LogP contribution >= 0.6 is 0 Å². The van der Waals surface area contributed by atoms with Gasteiger partial charge in [-0.15, -0.1) is 0 Å². The van der Waals surface area contributed by atoms with Crippen molar-refractivity contribution >= 4 is 21.4 Å². The second-order valence-corrected chi connectivity index (χ2v) is 5.34. The largest absolute Gasteiger partial charge is 0.399 e. The number of anilines is 2. The average molecular weight is 254 g/mol. The minimum atomic E-state index is -3.18. The summed E-state index contributed by atoms with van der Waals surface area (Å²) in [6.45, 7) is 0.653. The van der Waals surface area contributed by atoms with Crippen LogP contribution in [0.3, 0.4) is 0 Å². The molecule has 0 saturated carbocycles. The number of nitrogens with zero attached hydrogens (tertiary/aromatic N) is 1. The molecule has 0 saturated heterocycles. The van der Waals surface area contributed by atoms with Crippen LogP contribution in [0.5, 0.6) is 0 Å². The molecule has 0 fully saturated rings. The van der Waals surface area contributed by atoms with Crippen LogP contribution in [0, 0.1) is 11.3 Å². The van der Waals surface area contributed by atoms with Crippen LogP contribution in [-0.4, -0.2) is 27.8 Å². The van der Waals surface area contributed by atoms with Gasteiger partial charge in [0.2, 0.25) is 10.0 Å². The summed E-state index contributed by atoms with van der Waals surface area (Å²) in [7, 11) is -3.18. The Kier molecular flexibility index (Phi) is 4.31. The third-order valence-electron chi connectivity index (χ3n) is 1.97. The van der Waals surface area contributed by atoms with Crippen LogP contribution in [0.4, 0.5) is 11.4 Å². The van der Waals surface area contributed by atoms with E-state index in [-0.39, 0.29) is 6.54 Å². The summed E-state index contributed by atoms with van der Waals surface area (Å²) >= 11 is 0. The first-order chi connectivity index (χ1) is 7.92. The molecule has 0 atom stereocenters. The van der Waals surface area contributed by atoms with Gasteiger partial charge in [-0.3, -0.25) is 0 Å². The van der Waals surface area contributed by atoms with Gasteiger partial charge in [0.25, 0.3) is 0 Å². The van der Waals surface area contributed by atoms with E-state index in [0.29, 0.717) is 23.5 Å². The SMILES string of the molecule is CS(=O)(=O)NCCNc1ccc(N)cc1C#N. The second-order valence-electron chi connectivity index (χ2n) is 3.51. The lowest BCUT2D eigenvalue weighted by molar-refractivity contribution is 0.589. The molecule has 0 heterocycles. The topological polar surface area (TPSA) is 108 Å². The average Bonchev–Trinajstić information content (AvgIpc) is 2.24. The molecule has 0 bridgehead atoms. The number of nitrogens with one attached hydrogen (secondary N) is 2. The monoisotopic (exact) mass is 254 g/mol. The first-order valence-corrected chi connectivity index (χ1v) is 6.79. The van der Waals surface area contributed by atoms with Gasteiger partial charge in [0.15, 0.2) is 0 Å². The molecule has 1 rings (SSSR count). The van der Waals surface area contributed by atoms with Crippen LogP contribution < -0.4 is 15.8 Å². The van der Waals surface area contributed by atoms with Gasteiger partial charge in [-0.25, -0.2) is 13.1 Å². The van der Waals surface area contributed by atoms with Crippen LogP contribution in [0.25, 0.3) is 0 Å². The number of nitrogen functional groups attached to an aromatic ring is 1. The van der Waals surface area contributed by atoms with E-state index in [9.17, 15) is 8.42 Å². The summed E-state index contributed by atoms with van der Waals surface area (Å²) in [6.07, 6.45) is 1.09. The van der Waals surface area contributed by atoms with Crippen molar-refractivity contribution in [3.63, 3.8) is 0 Å². The lowest BCUT2D eigenvalue weighted by atomic mass is 10.2. The summed E-state index contributed by atoms with van der Waals surface area (Å²) in [5, 5.41) is 11.8. The lowest BCUT2D eigenvalue weighted by Crippen LogP contribution is -2.27. The molecular weight excluding hydrogens is 240 g/mol. The molecule has 0 spiro atoms. The normalized spacial score (nSPS) is 10.8. The first-order valence-electron chi connectivity index (χ1n) is 4.90. The van der Waals surface area contributed by atoms with Crippen LogP contribution in [0.2, 0.25) is 0 Å². The van der Waals surface area contributed by atoms with E-state index in [0.717, 1.165) is 6.26 Å². The fourth-order valence-corrected chi connectivity index (χ4v) is 1.71. The highest BCUT2D eigenvalue weighted by molar-refractivity contribution is 7.88. The van der Waals surface area contributed by atoms with Gasteiger partial charge in [0, 0.05) is 18.8 Å². The summed E-state index contributed by atoms with van der Waals surface area (Å²) < 4.78 is 23.9. The fourth-order valence-electron chi connectivity index (χ4n) is 1.24. The molecule has 0 aliphatic heterocycles. The Morgan fingerprint density at radius 3 is 2.71 bits per heavy atom. The molecule has 7 heteroatoms. The molecule has 4 N–H and O–H groups in total. The van der Waals surface area contributed by atoms with Crippen molar-refractivity contribution in [3.05, 3.63) is 23.8 Å². The third-order valence-corrected chi connectivity index (χ3v) is 2.70. The Labute approximate surface area is 100 Å². The third kappa shape index (κ3) is 4.72. The van der Waals surface area contributed by atoms with E-state index in [1.54, 1.807) is 18.2 Å². The fraction of sp³-hybridized carbons (Fsp3) is 0.300. The van der Waals surface area contributed by atoms with Crippen molar-refractivity contribution in [3.8, 4) is 6.07 Å². The van der Waals surface area contributed by atoms with E-state index >= 15 is 0 Å². The minimum Gasteiger partial charge on any atom is -0.399 e. The number of nitriles is 1. The van der Waals surface area contributed by atoms with Crippen molar-refractivity contribution in [1.29, 1.82) is 5.26 Å². The van der Waals surface area contributed by atoms with E-state index in [2.05, 4.69) is 10.0 Å². The summed E-state index contributed by atoms with van der Waals surface area (Å²) in [4.78, 5) is 0. The highest BCUT2D eigenvalue weighted by Crippen LogP contribution is 2.17. The van der Waals surface area contributed by atoms with Gasteiger partial charge in [0.1, 0.15) is 6.07 Å². The van der Waals surface area contributed by atoms with E-state index in [1.807, 2.05) is 6.07 Å². The van der Waals surface area contributed by atoms with Gasteiger partial charge in [-0.1, -0.05) is 0 Å². The van der Waals surface area contributed by atoms with Crippen molar-refractivity contribution in [2.75, 3.05) is 30.4 Å². The highest BCUT2D eigenvalue weighted by Gasteiger charge is 2.02. The standard InChI is InChI=1S/C10H14N4O2S/c1-17(15,16)14-5-4-13-10-3-2-9(12)6-8(10)7-11/h2-3,6,13-14H,4-5,12H2,1H3. The zero-order valence-corrected chi connectivity index (χ0v) is 10.2. The quantitative estimate of drug-likeness (QED) is 0.510. The van der Waals surface area contributed by atoms with E-state index < -0.39 is 10.0 Å². The van der Waals surface area contributed by atoms with Crippen molar-refractivity contribution in [2.45, 2.75) is 0 Å². The van der Waals surface area contributed by atoms with Crippen molar-refractivity contribution in [2.24, 2.45) is 0 Å². The molecule has 0 aliphatic carbocycles. The van der Waals surface area contributed by atoms with E-state index in [4.69, 9.17) is 11.0 Å². The van der Waals surface area contributed by atoms with Gasteiger partial charge in [0.05, 0.1) is 17.5 Å². The molecule has 1 aromatic carbocycles. The number of nitrogens with two attached hydrogens (primary N) is 1. The maximum absolute atomic E-state index is 10.8. The maximum Gasteiger partial charge on any atom is 0.208 e. The number of hydrogen-bond donors (Lipinski definition) is 3. The summed E-state index contributed by atoms with van der Waals surface area (Å²) in [5.74, 6) is 0. The molecule has 17 heavy (non-hydrogen) atoms. The molecule has 92 valence electrons. The Morgan fingerprint density at radius 2 is 2.12 bits per heavy atom. The second kappa shape index (κ2) is 5.52. The van der Waals surface area contributed by atoms with Crippen LogP contribution in [0.15, 0.2) is 18.2 Å². The predicted octanol–water partition coefficient (Wildman–Crippen LogP) is 0.102. The van der Waals surface area contributed by atoms with Gasteiger partial charge in [-0.05, 0) is 18.2 Å². The minimum absolute atomic E-state index is 0.258. The molecule has 0 aliphatic rings. The maximum atomic E-state index is 10.8. The number of rotatable bonds is 5. The van der Waals surface area contributed by atoms with E-state index in [1.165, 1.54) is 0 Å². The molecular formula is C10H14N4O2S. The first kappa shape index (κ1) is 13.3. The van der Waals surface area contributed by atoms with Crippen molar-refractivity contribution < 1.29 is 8.42 Å². The molecule has 0 aromatic heterocycles. The molecule has 0 amide bonds. The zero-order chi connectivity index (χ0) is 12.9. The van der Waals surface area contributed by atoms with Gasteiger partial charge in [-0.2, -0.15) is 5.26 Å². The Morgan fingerprint density at radius 1 is 1.41 bits per heavy atom. The van der Waals surface area contributed by atoms with Crippen LogP contribution in [0.1, 0.15) is 5.56 Å². The highest BCUT2D eigenvalue weighted by atomic mass is 32.2. The lowest BCUT2D eigenvalue weighted by Gasteiger charge is -2.08. The predicted molar refractivity (Wildman–Crippen MR) is 66.9 cm³/mol. The zero-order valence-electron chi connectivity index (χ0n) is 9.40. The van der Waals surface area contributed by atoms with Crippen molar-refractivity contribution in [1.82, 2.24) is 4.72 Å². The van der Waals surface area contributed by atoms with Gasteiger partial charge < -0.3 is 11.1 Å². The number of hydrogen-bond acceptors (Lipinski definition) is 5. The molecule has 6 nitrogen and oxygen atoms in total. The number of sulfonamides is 1. The van der Waals surface area contributed by atoms with Crippen LogP contribution in [-0.2, 0) is 10.0 Å². The molecule has 0 radical (unpaired) electrons. The number of benzene rings is 1. The molecule has 0 unspecified atom stereocenters. The van der Waals surface area contributed by atoms with Gasteiger partial charge >= 0.3 is 0 Å². The Balaban J connectivity index is 2.56. The molecule has 1 aromatic rings.